The van der Waals surface area contributed by atoms with Gasteiger partial charge in [-0.25, -0.2) is 4.98 Å². The van der Waals surface area contributed by atoms with Crippen LogP contribution in [0.3, 0.4) is 0 Å². The smallest absolute Gasteiger partial charge is 0.309 e. The molecule has 1 N–H and O–H groups in total. The van der Waals surface area contributed by atoms with Crippen molar-refractivity contribution in [1.82, 2.24) is 9.97 Å². The van der Waals surface area contributed by atoms with E-state index in [4.69, 9.17) is 16.3 Å². The number of halogens is 1. The maximum atomic E-state index is 11.9. The number of H-pyrrole nitrogens is 1. The fourth-order valence-electron chi connectivity index (χ4n) is 3.61. The molecule has 27 heavy (non-hydrogen) atoms. The molecule has 1 saturated heterocycles. The van der Waals surface area contributed by atoms with Crippen molar-refractivity contribution in [3.63, 3.8) is 0 Å². The Kier molecular flexibility index (Phi) is 5.03. The standard InChI is InChI=1S/C21H22ClN3O2/c1-2-27-21(26)14-9-11-25(12-10-14)15-7-8-17(22)16(13-15)20-23-18-5-3-4-6-19(18)24-20/h3-8,13-14H,2,9-12H2,1H3,(H,23,24). The molecule has 4 rings (SSSR count). The highest BCUT2D eigenvalue weighted by molar-refractivity contribution is 6.33. The van der Waals surface area contributed by atoms with Crippen LogP contribution in [-0.2, 0) is 9.53 Å². The van der Waals surface area contributed by atoms with E-state index in [-0.39, 0.29) is 11.9 Å². The first-order valence-electron chi connectivity index (χ1n) is 9.32. The lowest BCUT2D eigenvalue weighted by molar-refractivity contribution is -0.148. The molecule has 2 heterocycles. The highest BCUT2D eigenvalue weighted by Crippen LogP contribution is 2.33. The Bertz CT molecular complexity index is 928. The van der Waals surface area contributed by atoms with Gasteiger partial charge in [-0.05, 0) is 50.1 Å². The largest absolute Gasteiger partial charge is 0.466 e. The third kappa shape index (κ3) is 3.65. The number of para-hydroxylation sites is 2. The molecule has 0 spiro atoms. The summed E-state index contributed by atoms with van der Waals surface area (Å²) in [6, 6.07) is 14.0. The number of benzene rings is 2. The molecule has 2 aromatic carbocycles. The van der Waals surface area contributed by atoms with Gasteiger partial charge in [-0.1, -0.05) is 23.7 Å². The van der Waals surface area contributed by atoms with Gasteiger partial charge in [-0.3, -0.25) is 4.79 Å². The van der Waals surface area contributed by atoms with Gasteiger partial charge < -0.3 is 14.6 Å². The number of nitrogens with one attached hydrogen (secondary N) is 1. The lowest BCUT2D eigenvalue weighted by Crippen LogP contribution is -2.37. The first-order valence-corrected chi connectivity index (χ1v) is 9.69. The second-order valence-corrected chi connectivity index (χ2v) is 7.19. The Morgan fingerprint density at radius 1 is 1.26 bits per heavy atom. The highest BCUT2D eigenvalue weighted by atomic mass is 35.5. The van der Waals surface area contributed by atoms with E-state index < -0.39 is 0 Å². The topological polar surface area (TPSA) is 58.2 Å². The summed E-state index contributed by atoms with van der Waals surface area (Å²) in [6.45, 7) is 3.94. The van der Waals surface area contributed by atoms with Crippen molar-refractivity contribution in [3.05, 3.63) is 47.5 Å². The number of ether oxygens (including phenoxy) is 1. The van der Waals surface area contributed by atoms with Crippen LogP contribution in [0, 0.1) is 5.92 Å². The number of esters is 1. The third-order valence-electron chi connectivity index (χ3n) is 5.07. The quantitative estimate of drug-likeness (QED) is 0.665. The zero-order valence-corrected chi connectivity index (χ0v) is 16.0. The molecule has 1 fully saturated rings. The Morgan fingerprint density at radius 2 is 2.04 bits per heavy atom. The van der Waals surface area contributed by atoms with Crippen LogP contribution >= 0.6 is 11.6 Å². The molecule has 0 aliphatic carbocycles. The molecule has 0 bridgehead atoms. The highest BCUT2D eigenvalue weighted by Gasteiger charge is 2.26. The van der Waals surface area contributed by atoms with E-state index in [1.165, 1.54) is 0 Å². The van der Waals surface area contributed by atoms with Crippen molar-refractivity contribution in [2.75, 3.05) is 24.6 Å². The van der Waals surface area contributed by atoms with Gasteiger partial charge in [0, 0.05) is 24.3 Å². The summed E-state index contributed by atoms with van der Waals surface area (Å²) in [7, 11) is 0. The van der Waals surface area contributed by atoms with E-state index in [1.54, 1.807) is 0 Å². The first-order chi connectivity index (χ1) is 13.2. The fourth-order valence-corrected chi connectivity index (χ4v) is 3.81. The van der Waals surface area contributed by atoms with Crippen molar-refractivity contribution >= 4 is 34.3 Å². The number of fused-ring (bicyclic) bond motifs is 1. The number of nitrogens with zero attached hydrogens (tertiary/aromatic N) is 2. The van der Waals surface area contributed by atoms with Crippen molar-refractivity contribution < 1.29 is 9.53 Å². The van der Waals surface area contributed by atoms with Gasteiger partial charge >= 0.3 is 5.97 Å². The summed E-state index contributed by atoms with van der Waals surface area (Å²) >= 11 is 6.46. The first kappa shape index (κ1) is 17.9. The van der Waals surface area contributed by atoms with Crippen LogP contribution in [0.25, 0.3) is 22.4 Å². The fraction of sp³-hybridized carbons (Fsp3) is 0.333. The molecule has 1 aliphatic rings. The molecular weight excluding hydrogens is 362 g/mol. The molecule has 0 amide bonds. The number of carbonyl (C=O) groups is 1. The second-order valence-electron chi connectivity index (χ2n) is 6.78. The summed E-state index contributed by atoms with van der Waals surface area (Å²) in [5, 5.41) is 0.666. The zero-order valence-electron chi connectivity index (χ0n) is 15.2. The number of hydrogen-bond acceptors (Lipinski definition) is 4. The molecule has 0 unspecified atom stereocenters. The number of rotatable bonds is 4. The predicted octanol–water partition coefficient (Wildman–Crippen LogP) is 4.66. The Morgan fingerprint density at radius 3 is 2.78 bits per heavy atom. The molecule has 1 aromatic heterocycles. The normalized spacial score (nSPS) is 15.3. The maximum Gasteiger partial charge on any atom is 0.309 e. The minimum Gasteiger partial charge on any atom is -0.466 e. The van der Waals surface area contributed by atoms with Gasteiger partial charge in [0.05, 0.1) is 28.6 Å². The summed E-state index contributed by atoms with van der Waals surface area (Å²) in [6.07, 6.45) is 1.61. The molecule has 0 atom stereocenters. The van der Waals surface area contributed by atoms with Gasteiger partial charge in [0.15, 0.2) is 0 Å². The van der Waals surface area contributed by atoms with Crippen LogP contribution in [0.4, 0.5) is 5.69 Å². The Balaban J connectivity index is 1.55. The van der Waals surface area contributed by atoms with Crippen LogP contribution in [0.15, 0.2) is 42.5 Å². The van der Waals surface area contributed by atoms with Crippen LogP contribution in [-0.4, -0.2) is 35.6 Å². The second kappa shape index (κ2) is 7.61. The lowest BCUT2D eigenvalue weighted by atomic mass is 9.96. The maximum absolute atomic E-state index is 11.9. The van der Waals surface area contributed by atoms with Crippen LogP contribution in [0.1, 0.15) is 19.8 Å². The van der Waals surface area contributed by atoms with Crippen molar-refractivity contribution in [3.8, 4) is 11.4 Å². The number of hydrogen-bond donors (Lipinski definition) is 1. The summed E-state index contributed by atoms with van der Waals surface area (Å²) < 4.78 is 5.16. The Labute approximate surface area is 163 Å². The lowest BCUT2D eigenvalue weighted by Gasteiger charge is -2.32. The zero-order chi connectivity index (χ0) is 18.8. The van der Waals surface area contributed by atoms with Crippen molar-refractivity contribution in [2.45, 2.75) is 19.8 Å². The van der Waals surface area contributed by atoms with Gasteiger partial charge in [-0.15, -0.1) is 0 Å². The van der Waals surface area contributed by atoms with E-state index >= 15 is 0 Å². The predicted molar refractivity (Wildman–Crippen MR) is 108 cm³/mol. The number of aromatic amines is 1. The van der Waals surface area contributed by atoms with E-state index in [9.17, 15) is 4.79 Å². The van der Waals surface area contributed by atoms with Crippen LogP contribution < -0.4 is 4.90 Å². The van der Waals surface area contributed by atoms with Crippen LogP contribution in [0.5, 0.6) is 0 Å². The summed E-state index contributed by atoms with van der Waals surface area (Å²) in [5.74, 6) is 0.698. The molecular formula is C21H22ClN3O2. The molecule has 140 valence electrons. The molecule has 1 aliphatic heterocycles. The number of piperidine rings is 1. The van der Waals surface area contributed by atoms with E-state index in [1.807, 2.05) is 43.3 Å². The SMILES string of the molecule is CCOC(=O)C1CCN(c2ccc(Cl)c(-c3nc4ccccc4[nH]3)c2)CC1. The van der Waals surface area contributed by atoms with E-state index in [0.717, 1.165) is 54.0 Å². The molecule has 6 heteroatoms. The molecule has 3 aromatic rings. The monoisotopic (exact) mass is 383 g/mol. The van der Waals surface area contributed by atoms with Gasteiger partial charge in [0.25, 0.3) is 0 Å². The van der Waals surface area contributed by atoms with Crippen LogP contribution in [0.2, 0.25) is 5.02 Å². The molecule has 0 radical (unpaired) electrons. The van der Waals surface area contributed by atoms with Crippen molar-refractivity contribution in [2.24, 2.45) is 5.92 Å². The number of anilines is 1. The third-order valence-corrected chi connectivity index (χ3v) is 5.40. The average molecular weight is 384 g/mol. The van der Waals surface area contributed by atoms with E-state index in [2.05, 4.69) is 20.9 Å². The minimum absolute atomic E-state index is 0.00310. The summed E-state index contributed by atoms with van der Waals surface area (Å²) in [5.41, 5.74) is 3.89. The Hall–Kier alpha value is -2.53. The molecule has 5 nitrogen and oxygen atoms in total. The minimum atomic E-state index is -0.0729. The number of imidazole rings is 1. The van der Waals surface area contributed by atoms with Gasteiger partial charge in [0.2, 0.25) is 0 Å². The molecule has 0 saturated carbocycles. The number of aromatic nitrogens is 2. The number of carbonyl (C=O) groups excluding carboxylic acids is 1. The average Bonchev–Trinajstić information content (AvgIpc) is 3.12. The summed E-state index contributed by atoms with van der Waals surface area (Å²) in [4.78, 5) is 22.2. The van der Waals surface area contributed by atoms with E-state index in [0.29, 0.717) is 11.6 Å². The van der Waals surface area contributed by atoms with Gasteiger partial charge in [-0.2, -0.15) is 0 Å². The van der Waals surface area contributed by atoms with Gasteiger partial charge in [0.1, 0.15) is 5.82 Å². The van der Waals surface area contributed by atoms with Crippen molar-refractivity contribution in [1.29, 1.82) is 0 Å².